The summed E-state index contributed by atoms with van der Waals surface area (Å²) < 4.78 is 7.17. The Morgan fingerprint density at radius 1 is 1.47 bits per heavy atom. The van der Waals surface area contributed by atoms with Gasteiger partial charge in [0.05, 0.1) is 0 Å². The van der Waals surface area contributed by atoms with Gasteiger partial charge in [0.25, 0.3) is 0 Å². The van der Waals surface area contributed by atoms with E-state index in [1.165, 1.54) is 0 Å². The molecule has 2 aromatic rings. The van der Waals surface area contributed by atoms with Gasteiger partial charge in [0.1, 0.15) is 11.3 Å². The molecule has 0 radical (unpaired) electrons. The fourth-order valence-electron chi connectivity index (χ4n) is 1.71. The van der Waals surface area contributed by atoms with Crippen LogP contribution in [0.5, 0.6) is 0 Å². The van der Waals surface area contributed by atoms with Crippen molar-refractivity contribution in [1.29, 1.82) is 0 Å². The van der Waals surface area contributed by atoms with Crippen molar-refractivity contribution in [2.24, 2.45) is 0 Å². The number of rotatable bonds is 4. The van der Waals surface area contributed by atoms with E-state index in [1.807, 2.05) is 19.1 Å². The number of hydrogen-bond donors (Lipinski definition) is 0. The minimum absolute atomic E-state index is 0.770. The van der Waals surface area contributed by atoms with Crippen molar-refractivity contribution < 1.29 is 4.74 Å². The van der Waals surface area contributed by atoms with Crippen molar-refractivity contribution in [2.75, 3.05) is 13.7 Å². The van der Waals surface area contributed by atoms with Gasteiger partial charge >= 0.3 is 0 Å². The summed E-state index contributed by atoms with van der Waals surface area (Å²) in [4.78, 5) is 8.79. The fourth-order valence-corrected chi connectivity index (χ4v) is 1.71. The van der Waals surface area contributed by atoms with Gasteiger partial charge in [0, 0.05) is 26.5 Å². The molecule has 0 aliphatic rings. The number of aromatic nitrogens is 3. The van der Waals surface area contributed by atoms with E-state index in [-0.39, 0.29) is 0 Å². The van der Waals surface area contributed by atoms with E-state index in [0.29, 0.717) is 0 Å². The van der Waals surface area contributed by atoms with Crippen LogP contribution < -0.4 is 0 Å². The Hall–Kier alpha value is -1.42. The highest BCUT2D eigenvalue weighted by atomic mass is 16.5. The summed E-state index contributed by atoms with van der Waals surface area (Å²) in [6, 6.07) is 3.90. The highest BCUT2D eigenvalue weighted by Gasteiger charge is 2.06. The third-order valence-electron chi connectivity index (χ3n) is 2.42. The molecular weight excluding hydrogens is 190 g/mol. The lowest BCUT2D eigenvalue weighted by Crippen LogP contribution is -2.04. The molecule has 2 rings (SSSR count). The van der Waals surface area contributed by atoms with Crippen molar-refractivity contribution in [1.82, 2.24) is 14.5 Å². The van der Waals surface area contributed by atoms with Gasteiger partial charge in [-0.05, 0) is 25.5 Å². The highest BCUT2D eigenvalue weighted by Crippen LogP contribution is 2.12. The van der Waals surface area contributed by atoms with Crippen molar-refractivity contribution in [3.8, 4) is 0 Å². The molecule has 2 aromatic heterocycles. The first-order valence-corrected chi connectivity index (χ1v) is 5.09. The van der Waals surface area contributed by atoms with E-state index < -0.39 is 0 Å². The lowest BCUT2D eigenvalue weighted by Gasteiger charge is -2.04. The van der Waals surface area contributed by atoms with Crippen LogP contribution in [0.1, 0.15) is 12.2 Å². The normalized spacial score (nSPS) is 11.1. The molecule has 0 saturated carbocycles. The molecule has 0 amide bonds. The third-order valence-corrected chi connectivity index (χ3v) is 2.42. The number of aryl methyl sites for hydroxylation is 2. The van der Waals surface area contributed by atoms with E-state index in [9.17, 15) is 0 Å². The summed E-state index contributed by atoms with van der Waals surface area (Å²) in [7, 11) is 1.72. The van der Waals surface area contributed by atoms with Gasteiger partial charge in [-0.25, -0.2) is 9.97 Å². The predicted molar refractivity (Wildman–Crippen MR) is 58.8 cm³/mol. The third kappa shape index (κ3) is 1.99. The zero-order valence-electron chi connectivity index (χ0n) is 9.10. The average Bonchev–Trinajstić information content (AvgIpc) is 2.56. The average molecular weight is 205 g/mol. The number of nitrogens with zero attached hydrogens (tertiary/aromatic N) is 3. The SMILES string of the molecule is COCCCn1c(C)nc2cccnc21. The van der Waals surface area contributed by atoms with Gasteiger partial charge in [-0.15, -0.1) is 0 Å². The van der Waals surface area contributed by atoms with Crippen molar-refractivity contribution in [3.63, 3.8) is 0 Å². The topological polar surface area (TPSA) is 39.9 Å². The van der Waals surface area contributed by atoms with Crippen LogP contribution in [0.3, 0.4) is 0 Å². The number of ether oxygens (including phenoxy) is 1. The molecule has 0 atom stereocenters. The fraction of sp³-hybridized carbons (Fsp3) is 0.455. The van der Waals surface area contributed by atoms with Crippen LogP contribution in [0.15, 0.2) is 18.3 Å². The van der Waals surface area contributed by atoms with Crippen LogP contribution in [0.25, 0.3) is 11.2 Å². The number of fused-ring (bicyclic) bond motifs is 1. The second kappa shape index (κ2) is 4.40. The molecule has 15 heavy (non-hydrogen) atoms. The summed E-state index contributed by atoms with van der Waals surface area (Å²) in [6.07, 6.45) is 2.79. The van der Waals surface area contributed by atoms with Crippen molar-refractivity contribution >= 4 is 11.2 Å². The first-order valence-electron chi connectivity index (χ1n) is 5.09. The zero-order valence-corrected chi connectivity index (χ0v) is 9.10. The minimum atomic E-state index is 0.770. The van der Waals surface area contributed by atoms with E-state index in [1.54, 1.807) is 13.3 Å². The summed E-state index contributed by atoms with van der Waals surface area (Å²) in [5.41, 5.74) is 1.93. The zero-order chi connectivity index (χ0) is 10.7. The molecule has 0 fully saturated rings. The lowest BCUT2D eigenvalue weighted by molar-refractivity contribution is 0.190. The van der Waals surface area contributed by atoms with Crippen LogP contribution >= 0.6 is 0 Å². The smallest absolute Gasteiger partial charge is 0.159 e. The number of methoxy groups -OCH3 is 1. The molecule has 2 heterocycles. The van der Waals surface area contributed by atoms with Gasteiger partial charge in [0.2, 0.25) is 0 Å². The largest absolute Gasteiger partial charge is 0.385 e. The first-order chi connectivity index (χ1) is 7.33. The molecule has 0 aliphatic carbocycles. The molecule has 0 aliphatic heterocycles. The van der Waals surface area contributed by atoms with Gasteiger partial charge in [0.15, 0.2) is 5.65 Å². The first kappa shape index (κ1) is 10.1. The number of imidazole rings is 1. The van der Waals surface area contributed by atoms with E-state index in [4.69, 9.17) is 4.74 Å². The van der Waals surface area contributed by atoms with Crippen LogP contribution in [0.2, 0.25) is 0 Å². The maximum atomic E-state index is 5.04. The lowest BCUT2D eigenvalue weighted by atomic mass is 10.4. The molecule has 4 heteroatoms. The van der Waals surface area contributed by atoms with Crippen molar-refractivity contribution in [3.05, 3.63) is 24.2 Å². The highest BCUT2D eigenvalue weighted by molar-refractivity contribution is 5.70. The second-order valence-corrected chi connectivity index (χ2v) is 3.50. The Bertz CT molecular complexity index is 450. The molecule has 0 aromatic carbocycles. The van der Waals surface area contributed by atoms with Gasteiger partial charge in [-0.3, -0.25) is 0 Å². The van der Waals surface area contributed by atoms with Gasteiger partial charge in [-0.2, -0.15) is 0 Å². The molecule has 0 saturated heterocycles. The maximum absolute atomic E-state index is 5.04. The molecule has 0 N–H and O–H groups in total. The maximum Gasteiger partial charge on any atom is 0.159 e. The van der Waals surface area contributed by atoms with Crippen LogP contribution in [-0.2, 0) is 11.3 Å². The van der Waals surface area contributed by atoms with Crippen LogP contribution in [0, 0.1) is 6.92 Å². The quantitative estimate of drug-likeness (QED) is 0.714. The molecule has 80 valence electrons. The molecule has 0 bridgehead atoms. The predicted octanol–water partition coefficient (Wildman–Crippen LogP) is 1.78. The van der Waals surface area contributed by atoms with Gasteiger partial charge < -0.3 is 9.30 Å². The monoisotopic (exact) mass is 205 g/mol. The Morgan fingerprint density at radius 3 is 3.13 bits per heavy atom. The van der Waals surface area contributed by atoms with E-state index in [0.717, 1.165) is 36.6 Å². The molecule has 0 spiro atoms. The standard InChI is InChI=1S/C11H15N3O/c1-9-13-10-5-3-6-12-11(10)14(9)7-4-8-15-2/h3,5-6H,4,7-8H2,1-2H3. The Labute approximate surface area is 88.9 Å². The van der Waals surface area contributed by atoms with Crippen molar-refractivity contribution in [2.45, 2.75) is 19.9 Å². The second-order valence-electron chi connectivity index (χ2n) is 3.50. The summed E-state index contributed by atoms with van der Waals surface area (Å²) in [6.45, 7) is 3.69. The molecule has 4 nitrogen and oxygen atoms in total. The van der Waals surface area contributed by atoms with Gasteiger partial charge in [-0.1, -0.05) is 0 Å². The minimum Gasteiger partial charge on any atom is -0.385 e. The summed E-state index contributed by atoms with van der Waals surface area (Å²) in [5.74, 6) is 1.01. The summed E-state index contributed by atoms with van der Waals surface area (Å²) in [5, 5.41) is 0. The number of hydrogen-bond acceptors (Lipinski definition) is 3. The van der Waals surface area contributed by atoms with E-state index >= 15 is 0 Å². The summed E-state index contributed by atoms with van der Waals surface area (Å²) >= 11 is 0. The Morgan fingerprint density at radius 2 is 2.33 bits per heavy atom. The molecule has 0 unspecified atom stereocenters. The number of pyridine rings is 1. The van der Waals surface area contributed by atoms with Crippen LogP contribution in [-0.4, -0.2) is 28.3 Å². The molecular formula is C11H15N3O. The Balaban J connectivity index is 2.28. The van der Waals surface area contributed by atoms with Crippen LogP contribution in [0.4, 0.5) is 0 Å². The van der Waals surface area contributed by atoms with E-state index in [2.05, 4.69) is 14.5 Å². The Kier molecular flexibility index (Phi) is 2.97.